The first-order valence-electron chi connectivity index (χ1n) is 6.85. The van der Waals surface area contributed by atoms with Crippen LogP contribution in [0.15, 0.2) is 12.1 Å². The van der Waals surface area contributed by atoms with Gasteiger partial charge in [-0.15, -0.1) is 11.6 Å². The number of nitrogens with one attached hydrogen (secondary N) is 1. The predicted molar refractivity (Wildman–Crippen MR) is 78.3 cm³/mol. The van der Waals surface area contributed by atoms with E-state index in [1.54, 1.807) is 0 Å². The Morgan fingerprint density at radius 1 is 1.17 bits per heavy atom. The van der Waals surface area contributed by atoms with E-state index >= 15 is 0 Å². The Labute approximate surface area is 114 Å². The van der Waals surface area contributed by atoms with E-state index in [-0.39, 0.29) is 0 Å². The predicted octanol–water partition coefficient (Wildman–Crippen LogP) is 4.60. The summed E-state index contributed by atoms with van der Waals surface area (Å²) in [4.78, 5) is 7.92. The van der Waals surface area contributed by atoms with Gasteiger partial charge in [0.2, 0.25) is 0 Å². The normalized spacial score (nSPS) is 11.3. The van der Waals surface area contributed by atoms with E-state index in [0.717, 1.165) is 36.1 Å². The molecule has 0 aliphatic carbocycles. The maximum absolute atomic E-state index is 5.86. The number of benzene rings is 1. The van der Waals surface area contributed by atoms with Gasteiger partial charge in [0.25, 0.3) is 0 Å². The zero-order chi connectivity index (χ0) is 13.0. The highest BCUT2D eigenvalue weighted by Gasteiger charge is 2.11. The van der Waals surface area contributed by atoms with Gasteiger partial charge in [0.15, 0.2) is 0 Å². The molecule has 0 amide bonds. The summed E-state index contributed by atoms with van der Waals surface area (Å²) in [5.41, 5.74) is 5.12. The van der Waals surface area contributed by atoms with Crippen LogP contribution in [0.4, 0.5) is 0 Å². The highest BCUT2D eigenvalue weighted by Crippen LogP contribution is 2.24. The van der Waals surface area contributed by atoms with Crippen LogP contribution in [0.1, 0.15) is 50.1 Å². The number of fused-ring (bicyclic) bond motifs is 1. The number of H-pyrrole nitrogens is 1. The van der Waals surface area contributed by atoms with Gasteiger partial charge in [-0.3, -0.25) is 0 Å². The summed E-state index contributed by atoms with van der Waals surface area (Å²) in [5.74, 6) is 1.32. The van der Waals surface area contributed by atoms with Crippen molar-refractivity contribution in [2.45, 2.75) is 51.8 Å². The van der Waals surface area contributed by atoms with Gasteiger partial charge >= 0.3 is 0 Å². The van der Waals surface area contributed by atoms with Crippen LogP contribution in [0, 0.1) is 0 Å². The van der Waals surface area contributed by atoms with Crippen LogP contribution in [0.3, 0.4) is 0 Å². The van der Waals surface area contributed by atoms with Gasteiger partial charge in [-0.05, 0) is 36.5 Å². The molecule has 0 fully saturated rings. The molecular weight excluding hydrogens is 244 g/mol. The second-order valence-electron chi connectivity index (χ2n) is 4.77. The molecule has 0 bridgehead atoms. The van der Waals surface area contributed by atoms with Crippen LogP contribution in [0.25, 0.3) is 11.0 Å². The van der Waals surface area contributed by atoms with E-state index in [1.807, 2.05) is 0 Å². The van der Waals surface area contributed by atoms with Gasteiger partial charge in [0.1, 0.15) is 5.82 Å². The minimum atomic E-state index is 0.449. The smallest absolute Gasteiger partial charge is 0.122 e. The Morgan fingerprint density at radius 2 is 2.00 bits per heavy atom. The van der Waals surface area contributed by atoms with Crippen molar-refractivity contribution in [1.29, 1.82) is 0 Å². The molecule has 18 heavy (non-hydrogen) atoms. The first-order valence-corrected chi connectivity index (χ1v) is 7.38. The molecular formula is C15H21ClN2. The van der Waals surface area contributed by atoms with E-state index in [4.69, 9.17) is 11.6 Å². The zero-order valence-electron chi connectivity index (χ0n) is 11.2. The van der Waals surface area contributed by atoms with Crippen LogP contribution < -0.4 is 0 Å². The number of aromatic nitrogens is 2. The Hall–Kier alpha value is -1.02. The first-order chi connectivity index (χ1) is 8.80. The van der Waals surface area contributed by atoms with Crippen molar-refractivity contribution in [3.05, 3.63) is 29.1 Å². The van der Waals surface area contributed by atoms with Gasteiger partial charge in [0.05, 0.1) is 16.9 Å². The molecule has 0 unspecified atom stereocenters. The highest BCUT2D eigenvalue weighted by molar-refractivity contribution is 6.16. The number of alkyl halides is 1. The first kappa shape index (κ1) is 13.4. The largest absolute Gasteiger partial charge is 0.341 e. The zero-order valence-corrected chi connectivity index (χ0v) is 12.0. The number of hydrogen-bond donors (Lipinski definition) is 1. The lowest BCUT2D eigenvalue weighted by Gasteiger charge is -2.09. The molecule has 2 nitrogen and oxygen atoms in total. The number of unbranched alkanes of at least 4 members (excludes halogenated alkanes) is 1. The molecule has 0 saturated heterocycles. The van der Waals surface area contributed by atoms with Gasteiger partial charge in [-0.2, -0.15) is 0 Å². The van der Waals surface area contributed by atoms with Gasteiger partial charge in [0, 0.05) is 0 Å². The third-order valence-corrected chi connectivity index (χ3v) is 3.58. The van der Waals surface area contributed by atoms with Crippen LogP contribution in [0.2, 0.25) is 0 Å². The van der Waals surface area contributed by atoms with E-state index in [0.29, 0.717) is 5.88 Å². The summed E-state index contributed by atoms with van der Waals surface area (Å²) in [6.45, 7) is 4.45. The SMILES string of the molecule is CCCCc1ccc2[nH]c(CCl)nc2c1CCC. The lowest BCUT2D eigenvalue weighted by Crippen LogP contribution is -1.96. The van der Waals surface area contributed by atoms with Gasteiger partial charge < -0.3 is 4.98 Å². The van der Waals surface area contributed by atoms with Crippen LogP contribution in [0.5, 0.6) is 0 Å². The van der Waals surface area contributed by atoms with E-state index < -0.39 is 0 Å². The molecule has 1 N–H and O–H groups in total. The molecule has 2 rings (SSSR count). The fraction of sp³-hybridized carbons (Fsp3) is 0.533. The monoisotopic (exact) mass is 264 g/mol. The van der Waals surface area contributed by atoms with Crippen LogP contribution in [-0.2, 0) is 18.7 Å². The molecule has 1 heterocycles. The number of hydrogen-bond acceptors (Lipinski definition) is 1. The van der Waals surface area contributed by atoms with Crippen molar-refractivity contribution in [2.75, 3.05) is 0 Å². The second-order valence-corrected chi connectivity index (χ2v) is 5.04. The van der Waals surface area contributed by atoms with Crippen molar-refractivity contribution in [1.82, 2.24) is 9.97 Å². The lowest BCUT2D eigenvalue weighted by molar-refractivity contribution is 0.782. The van der Waals surface area contributed by atoms with Crippen molar-refractivity contribution in [3.8, 4) is 0 Å². The van der Waals surface area contributed by atoms with E-state index in [2.05, 4.69) is 35.9 Å². The maximum Gasteiger partial charge on any atom is 0.122 e. The number of aromatic amines is 1. The minimum Gasteiger partial charge on any atom is -0.341 e. The number of rotatable bonds is 6. The number of aryl methyl sites for hydroxylation is 2. The summed E-state index contributed by atoms with van der Waals surface area (Å²) in [7, 11) is 0. The fourth-order valence-corrected chi connectivity index (χ4v) is 2.55. The molecule has 0 aliphatic heterocycles. The number of imidazole rings is 1. The van der Waals surface area contributed by atoms with Crippen molar-refractivity contribution in [2.24, 2.45) is 0 Å². The molecule has 0 radical (unpaired) electrons. The standard InChI is InChI=1S/C15H21ClN2/c1-3-5-7-11-8-9-13-15(12(11)6-4-2)18-14(10-16)17-13/h8-9H,3-7,10H2,1-2H3,(H,17,18). The number of nitrogens with zero attached hydrogens (tertiary/aromatic N) is 1. The molecule has 98 valence electrons. The quantitative estimate of drug-likeness (QED) is 0.759. The molecule has 0 saturated carbocycles. The molecule has 2 aromatic rings. The summed E-state index contributed by atoms with van der Waals surface area (Å²) in [6.07, 6.45) is 5.89. The second kappa shape index (κ2) is 6.24. The Balaban J connectivity index is 2.46. The average Bonchev–Trinajstić information content (AvgIpc) is 2.81. The number of halogens is 1. The molecule has 0 atom stereocenters. The Kier molecular flexibility index (Phi) is 4.65. The lowest BCUT2D eigenvalue weighted by atomic mass is 9.97. The fourth-order valence-electron chi connectivity index (χ4n) is 2.42. The summed E-state index contributed by atoms with van der Waals surface area (Å²) >= 11 is 5.86. The maximum atomic E-state index is 5.86. The van der Waals surface area contributed by atoms with Crippen molar-refractivity contribution >= 4 is 22.6 Å². The molecule has 0 aliphatic rings. The van der Waals surface area contributed by atoms with E-state index in [9.17, 15) is 0 Å². The van der Waals surface area contributed by atoms with Crippen LogP contribution >= 0.6 is 11.6 Å². The third kappa shape index (κ3) is 2.69. The summed E-state index contributed by atoms with van der Waals surface area (Å²) in [5, 5.41) is 0. The third-order valence-electron chi connectivity index (χ3n) is 3.33. The molecule has 3 heteroatoms. The minimum absolute atomic E-state index is 0.449. The molecule has 1 aromatic carbocycles. The highest BCUT2D eigenvalue weighted by atomic mass is 35.5. The van der Waals surface area contributed by atoms with Gasteiger partial charge in [-0.1, -0.05) is 32.8 Å². The molecule has 0 spiro atoms. The van der Waals surface area contributed by atoms with Crippen LogP contribution in [-0.4, -0.2) is 9.97 Å². The Morgan fingerprint density at radius 3 is 2.67 bits per heavy atom. The topological polar surface area (TPSA) is 28.7 Å². The molecule has 1 aromatic heterocycles. The summed E-state index contributed by atoms with van der Waals surface area (Å²) < 4.78 is 0. The van der Waals surface area contributed by atoms with Gasteiger partial charge in [-0.25, -0.2) is 4.98 Å². The summed E-state index contributed by atoms with van der Waals surface area (Å²) in [6, 6.07) is 4.39. The average molecular weight is 265 g/mol. The van der Waals surface area contributed by atoms with Crippen molar-refractivity contribution in [3.63, 3.8) is 0 Å². The Bertz CT molecular complexity index is 516. The van der Waals surface area contributed by atoms with E-state index in [1.165, 1.54) is 24.0 Å². The van der Waals surface area contributed by atoms with Crippen molar-refractivity contribution < 1.29 is 0 Å².